The summed E-state index contributed by atoms with van der Waals surface area (Å²) >= 11 is 0. The quantitative estimate of drug-likeness (QED) is 0.667. The Hall–Kier alpha value is -1.40. The summed E-state index contributed by atoms with van der Waals surface area (Å²) in [4.78, 5) is 0. The average Bonchev–Trinajstić information content (AvgIpc) is 2.30. The Bertz CT molecular complexity index is 361. The van der Waals surface area contributed by atoms with Crippen molar-refractivity contribution in [3.8, 4) is 0 Å². The highest BCUT2D eigenvalue weighted by Gasteiger charge is 2.16. The number of nitrogens with one attached hydrogen (secondary N) is 1. The van der Waals surface area contributed by atoms with E-state index in [0.717, 1.165) is 0 Å². The van der Waals surface area contributed by atoms with Crippen molar-refractivity contribution in [2.75, 3.05) is 31.4 Å². The highest BCUT2D eigenvalue weighted by Crippen LogP contribution is 2.29. The van der Waals surface area contributed by atoms with Crippen LogP contribution in [-0.4, -0.2) is 31.5 Å². The molecule has 6 heteroatoms. The zero-order valence-electron chi connectivity index (χ0n) is 9.49. The first-order valence-corrected chi connectivity index (χ1v) is 5.12. The topological polar surface area (TPSA) is 67.5 Å². The fraction of sp³-hybridized carbons (Fsp3) is 0.455. The summed E-state index contributed by atoms with van der Waals surface area (Å²) in [5.74, 6) is 0. The van der Waals surface area contributed by atoms with Gasteiger partial charge >= 0.3 is 0 Å². The van der Waals surface area contributed by atoms with Crippen LogP contribution in [0.2, 0.25) is 0 Å². The molecule has 0 saturated heterocycles. The van der Waals surface area contributed by atoms with E-state index in [1.54, 1.807) is 0 Å². The highest BCUT2D eigenvalue weighted by atomic mass is 19.3. The van der Waals surface area contributed by atoms with Crippen molar-refractivity contribution < 1.29 is 18.6 Å². The molecule has 0 radical (unpaired) electrons. The van der Waals surface area contributed by atoms with Crippen molar-refractivity contribution in [1.82, 2.24) is 0 Å². The van der Waals surface area contributed by atoms with Gasteiger partial charge in [-0.15, -0.1) is 0 Å². The minimum absolute atomic E-state index is 0.181. The number of aliphatic hydroxyl groups excluding tert-OH is 1. The van der Waals surface area contributed by atoms with Crippen molar-refractivity contribution in [3.05, 3.63) is 23.8 Å². The maximum atomic E-state index is 12.8. The van der Waals surface area contributed by atoms with Crippen LogP contribution in [0.15, 0.2) is 18.2 Å². The lowest BCUT2D eigenvalue weighted by Gasteiger charge is -2.19. The van der Waals surface area contributed by atoms with Gasteiger partial charge in [0.25, 0.3) is 6.43 Å². The third-order valence-corrected chi connectivity index (χ3v) is 2.26. The van der Waals surface area contributed by atoms with Gasteiger partial charge in [-0.3, -0.25) is 0 Å². The van der Waals surface area contributed by atoms with E-state index in [1.807, 2.05) is 0 Å². The van der Waals surface area contributed by atoms with E-state index in [0.29, 0.717) is 0 Å². The Labute approximate surface area is 98.4 Å². The zero-order valence-corrected chi connectivity index (χ0v) is 9.49. The summed E-state index contributed by atoms with van der Waals surface area (Å²) in [6.07, 6.45) is -2.62. The van der Waals surface area contributed by atoms with Gasteiger partial charge in [0.2, 0.25) is 0 Å². The number of hydrogen-bond acceptors (Lipinski definition) is 4. The number of methoxy groups -OCH3 is 1. The Balaban J connectivity index is 2.88. The van der Waals surface area contributed by atoms with Gasteiger partial charge in [0.1, 0.15) is 0 Å². The molecule has 1 aromatic carbocycles. The molecule has 0 aliphatic heterocycles. The molecule has 96 valence electrons. The molecule has 4 nitrogen and oxygen atoms in total. The molecule has 0 aliphatic carbocycles. The third-order valence-electron chi connectivity index (χ3n) is 2.26. The first-order chi connectivity index (χ1) is 8.08. The minimum atomic E-state index is -2.62. The number of hydrogen-bond donors (Lipinski definition) is 3. The van der Waals surface area contributed by atoms with Crippen LogP contribution < -0.4 is 11.1 Å². The number of nitrogen functional groups attached to an aromatic ring is 1. The predicted octanol–water partition coefficient (Wildman–Crippen LogP) is 1.63. The van der Waals surface area contributed by atoms with Crippen LogP contribution in [0.25, 0.3) is 0 Å². The summed E-state index contributed by atoms with van der Waals surface area (Å²) in [5, 5.41) is 11.8. The molecular weight excluding hydrogens is 230 g/mol. The van der Waals surface area contributed by atoms with E-state index < -0.39 is 12.5 Å². The molecule has 1 atom stereocenters. The Morgan fingerprint density at radius 3 is 2.71 bits per heavy atom. The average molecular weight is 246 g/mol. The van der Waals surface area contributed by atoms with Crippen molar-refractivity contribution in [1.29, 1.82) is 0 Å². The van der Waals surface area contributed by atoms with Crippen molar-refractivity contribution in [3.63, 3.8) is 0 Å². The lowest BCUT2D eigenvalue weighted by atomic mass is 10.1. The number of anilines is 2. The largest absolute Gasteiger partial charge is 0.399 e. The predicted molar refractivity (Wildman–Crippen MR) is 62.2 cm³/mol. The second kappa shape index (κ2) is 6.36. The SMILES string of the molecule is COCC(CO)Nc1ccc(N)cc1C(F)F. The number of rotatable bonds is 6. The van der Waals surface area contributed by atoms with Gasteiger partial charge in [0, 0.05) is 24.0 Å². The Kier molecular flexibility index (Phi) is 5.11. The fourth-order valence-corrected chi connectivity index (χ4v) is 1.45. The second-order valence-electron chi connectivity index (χ2n) is 3.63. The molecule has 0 amide bonds. The second-order valence-corrected chi connectivity index (χ2v) is 3.63. The molecule has 0 heterocycles. The molecule has 4 N–H and O–H groups in total. The van der Waals surface area contributed by atoms with Crippen LogP contribution in [0.1, 0.15) is 12.0 Å². The molecule has 1 aromatic rings. The van der Waals surface area contributed by atoms with Crippen molar-refractivity contribution >= 4 is 11.4 Å². The van der Waals surface area contributed by atoms with Gasteiger partial charge in [0.05, 0.1) is 19.3 Å². The summed E-state index contributed by atoms with van der Waals surface area (Å²) < 4.78 is 30.4. The van der Waals surface area contributed by atoms with Crippen molar-refractivity contribution in [2.24, 2.45) is 0 Å². The summed E-state index contributed by atoms with van der Waals surface area (Å²) in [5.41, 5.74) is 5.80. The maximum absolute atomic E-state index is 12.8. The van der Waals surface area contributed by atoms with E-state index in [2.05, 4.69) is 5.32 Å². The zero-order chi connectivity index (χ0) is 12.8. The van der Waals surface area contributed by atoms with Crippen LogP contribution in [-0.2, 0) is 4.74 Å². The molecule has 1 rings (SSSR count). The van der Waals surface area contributed by atoms with Gasteiger partial charge in [-0.1, -0.05) is 0 Å². The molecule has 0 saturated carbocycles. The minimum Gasteiger partial charge on any atom is -0.399 e. The molecule has 0 bridgehead atoms. The number of halogens is 2. The molecule has 0 aliphatic rings. The first kappa shape index (κ1) is 13.7. The standard InChI is InChI=1S/C11H16F2N2O2/c1-17-6-8(5-16)15-10-3-2-7(14)4-9(10)11(12)13/h2-4,8,11,15-16H,5-6,14H2,1H3. The van der Waals surface area contributed by atoms with Crippen LogP contribution >= 0.6 is 0 Å². The van der Waals surface area contributed by atoms with E-state index in [9.17, 15) is 8.78 Å². The number of alkyl halides is 2. The number of aliphatic hydroxyl groups is 1. The molecule has 0 spiro atoms. The monoisotopic (exact) mass is 246 g/mol. The first-order valence-electron chi connectivity index (χ1n) is 5.12. The number of ether oxygens (including phenoxy) is 1. The third kappa shape index (κ3) is 3.83. The van der Waals surface area contributed by atoms with E-state index in [-0.39, 0.29) is 30.2 Å². The number of benzene rings is 1. The summed E-state index contributed by atoms with van der Waals surface area (Å²) in [6.45, 7) is 0.0183. The van der Waals surface area contributed by atoms with Gasteiger partial charge in [-0.05, 0) is 18.2 Å². The molecule has 0 aromatic heterocycles. The number of nitrogens with two attached hydrogens (primary N) is 1. The molecule has 17 heavy (non-hydrogen) atoms. The van der Waals surface area contributed by atoms with Gasteiger partial charge in [0.15, 0.2) is 0 Å². The van der Waals surface area contributed by atoms with Gasteiger partial charge in [-0.25, -0.2) is 8.78 Å². The smallest absolute Gasteiger partial charge is 0.265 e. The molecule has 1 unspecified atom stereocenters. The van der Waals surface area contributed by atoms with Crippen molar-refractivity contribution in [2.45, 2.75) is 12.5 Å². The van der Waals surface area contributed by atoms with Crippen LogP contribution in [0.3, 0.4) is 0 Å². The van der Waals surface area contributed by atoms with E-state index >= 15 is 0 Å². The van der Waals surface area contributed by atoms with E-state index in [4.69, 9.17) is 15.6 Å². The Morgan fingerprint density at radius 1 is 1.47 bits per heavy atom. The fourth-order valence-electron chi connectivity index (χ4n) is 1.45. The maximum Gasteiger partial charge on any atom is 0.265 e. The summed E-state index contributed by atoms with van der Waals surface area (Å²) in [6, 6.07) is 3.78. The van der Waals surface area contributed by atoms with Crippen LogP contribution in [0.4, 0.5) is 20.2 Å². The van der Waals surface area contributed by atoms with Crippen LogP contribution in [0.5, 0.6) is 0 Å². The van der Waals surface area contributed by atoms with Gasteiger partial charge in [-0.2, -0.15) is 0 Å². The molecule has 0 fully saturated rings. The summed E-state index contributed by atoms with van der Waals surface area (Å²) in [7, 11) is 1.47. The lowest BCUT2D eigenvalue weighted by Crippen LogP contribution is -2.29. The van der Waals surface area contributed by atoms with Gasteiger partial charge < -0.3 is 20.9 Å². The normalized spacial score (nSPS) is 12.8. The highest BCUT2D eigenvalue weighted by molar-refractivity contribution is 5.59. The molecular formula is C11H16F2N2O2. The van der Waals surface area contributed by atoms with Crippen LogP contribution in [0, 0.1) is 0 Å². The lowest BCUT2D eigenvalue weighted by molar-refractivity contribution is 0.148. The Morgan fingerprint density at radius 2 is 2.18 bits per heavy atom. The van der Waals surface area contributed by atoms with E-state index in [1.165, 1.54) is 25.3 Å².